The molecule has 3 nitrogen and oxygen atoms in total. The van der Waals surface area contributed by atoms with E-state index in [4.69, 9.17) is 21.3 Å². The summed E-state index contributed by atoms with van der Waals surface area (Å²) in [5.41, 5.74) is 3.94. The van der Waals surface area contributed by atoms with Crippen LogP contribution in [-0.2, 0) is 17.6 Å². The molecular formula is C15H19ClN2O. The van der Waals surface area contributed by atoms with Crippen molar-refractivity contribution in [2.45, 2.75) is 25.7 Å². The summed E-state index contributed by atoms with van der Waals surface area (Å²) in [7, 11) is 0. The van der Waals surface area contributed by atoms with Gasteiger partial charge < -0.3 is 9.64 Å². The van der Waals surface area contributed by atoms with Crippen molar-refractivity contribution in [3.63, 3.8) is 0 Å². The molecule has 1 aromatic carbocycles. The highest BCUT2D eigenvalue weighted by Crippen LogP contribution is 2.30. The predicted octanol–water partition coefficient (Wildman–Crippen LogP) is 3.12. The maximum atomic E-state index is 5.81. The summed E-state index contributed by atoms with van der Waals surface area (Å²) in [5.74, 6) is 0.606. The van der Waals surface area contributed by atoms with Gasteiger partial charge in [-0.2, -0.15) is 4.99 Å². The lowest BCUT2D eigenvalue weighted by Gasteiger charge is -2.18. The molecule has 0 radical (unpaired) electrons. The molecule has 0 atom stereocenters. The van der Waals surface area contributed by atoms with Crippen LogP contribution in [0.1, 0.15) is 24.0 Å². The molecule has 1 aromatic rings. The third kappa shape index (κ3) is 2.71. The molecule has 1 heterocycles. The van der Waals surface area contributed by atoms with Crippen LogP contribution in [0.2, 0.25) is 0 Å². The molecule has 2 aliphatic rings. The van der Waals surface area contributed by atoms with E-state index in [9.17, 15) is 0 Å². The van der Waals surface area contributed by atoms with Crippen LogP contribution in [0.15, 0.2) is 23.2 Å². The second kappa shape index (κ2) is 5.83. The molecule has 0 spiro atoms. The number of aliphatic imine (C=N–C) groups is 1. The summed E-state index contributed by atoms with van der Waals surface area (Å²) < 4.78 is 5.63. The van der Waals surface area contributed by atoms with Crippen molar-refractivity contribution in [1.82, 2.24) is 4.90 Å². The molecule has 0 bridgehead atoms. The van der Waals surface area contributed by atoms with Gasteiger partial charge in [-0.3, -0.25) is 0 Å². The molecule has 102 valence electrons. The van der Waals surface area contributed by atoms with Crippen LogP contribution in [0, 0.1) is 0 Å². The normalized spacial score (nSPS) is 20.5. The molecule has 0 unspecified atom stereocenters. The molecule has 3 rings (SSSR count). The van der Waals surface area contributed by atoms with Crippen LogP contribution < -0.4 is 0 Å². The quantitative estimate of drug-likeness (QED) is 0.794. The van der Waals surface area contributed by atoms with E-state index in [2.05, 4.69) is 23.1 Å². The molecule has 0 saturated carbocycles. The Labute approximate surface area is 119 Å². The maximum Gasteiger partial charge on any atom is 0.292 e. The Morgan fingerprint density at radius 3 is 3.05 bits per heavy atom. The van der Waals surface area contributed by atoms with Crippen LogP contribution in [0.4, 0.5) is 5.69 Å². The number of hydrogen-bond acceptors (Lipinski definition) is 2. The first kappa shape index (κ1) is 12.8. The van der Waals surface area contributed by atoms with Gasteiger partial charge in [0.2, 0.25) is 0 Å². The van der Waals surface area contributed by atoms with E-state index in [0.717, 1.165) is 31.2 Å². The fourth-order valence-corrected chi connectivity index (χ4v) is 3.02. The number of halogens is 1. The minimum Gasteiger partial charge on any atom is -0.463 e. The molecule has 19 heavy (non-hydrogen) atoms. The third-order valence-electron chi connectivity index (χ3n) is 3.80. The van der Waals surface area contributed by atoms with E-state index in [1.807, 2.05) is 0 Å². The van der Waals surface area contributed by atoms with E-state index in [1.165, 1.54) is 30.4 Å². The lowest BCUT2D eigenvalue weighted by molar-refractivity contribution is 0.352. The lowest BCUT2D eigenvalue weighted by Crippen LogP contribution is -2.27. The van der Waals surface area contributed by atoms with Gasteiger partial charge in [0, 0.05) is 12.4 Å². The first-order valence-electron chi connectivity index (χ1n) is 7.01. The summed E-state index contributed by atoms with van der Waals surface area (Å²) >= 11 is 5.81. The number of amidine groups is 1. The predicted molar refractivity (Wildman–Crippen MR) is 78.4 cm³/mol. The van der Waals surface area contributed by atoms with Gasteiger partial charge in [-0.1, -0.05) is 12.1 Å². The van der Waals surface area contributed by atoms with Gasteiger partial charge in [0.1, 0.15) is 6.61 Å². The van der Waals surface area contributed by atoms with Gasteiger partial charge in [0.05, 0.1) is 12.2 Å². The zero-order valence-electron chi connectivity index (χ0n) is 11.1. The van der Waals surface area contributed by atoms with Gasteiger partial charge in [-0.25, -0.2) is 0 Å². The average Bonchev–Trinajstić information content (AvgIpc) is 2.87. The Balaban J connectivity index is 1.90. The second-order valence-electron chi connectivity index (χ2n) is 5.04. The highest BCUT2D eigenvalue weighted by atomic mass is 35.5. The fraction of sp³-hybridized carbons (Fsp3) is 0.533. The minimum absolute atomic E-state index is 0.606. The lowest BCUT2D eigenvalue weighted by atomic mass is 9.90. The number of ether oxygens (including phenoxy) is 1. The molecule has 1 aliphatic carbocycles. The molecule has 1 fully saturated rings. The van der Waals surface area contributed by atoms with Gasteiger partial charge in [0.25, 0.3) is 6.02 Å². The first-order valence-corrected chi connectivity index (χ1v) is 7.55. The Morgan fingerprint density at radius 2 is 2.16 bits per heavy atom. The number of hydrogen-bond donors (Lipinski definition) is 0. The number of rotatable bonds is 3. The van der Waals surface area contributed by atoms with Gasteiger partial charge in [-0.05, 0) is 42.9 Å². The largest absolute Gasteiger partial charge is 0.463 e. The van der Waals surface area contributed by atoms with E-state index >= 15 is 0 Å². The fourth-order valence-electron chi connectivity index (χ4n) is 2.82. The van der Waals surface area contributed by atoms with E-state index in [1.54, 1.807) is 0 Å². The molecule has 1 aliphatic heterocycles. The van der Waals surface area contributed by atoms with Gasteiger partial charge in [-0.15, -0.1) is 11.6 Å². The van der Waals surface area contributed by atoms with E-state index < -0.39 is 0 Å². The van der Waals surface area contributed by atoms with Crippen molar-refractivity contribution < 1.29 is 4.74 Å². The third-order valence-corrected chi connectivity index (χ3v) is 3.97. The maximum absolute atomic E-state index is 5.81. The molecule has 1 saturated heterocycles. The monoisotopic (exact) mass is 278 g/mol. The van der Waals surface area contributed by atoms with Crippen molar-refractivity contribution in [1.29, 1.82) is 0 Å². The molecule has 0 N–H and O–H groups in total. The summed E-state index contributed by atoms with van der Waals surface area (Å²) in [6.07, 6.45) is 4.88. The summed E-state index contributed by atoms with van der Waals surface area (Å²) in [6, 6.07) is 7.16. The molecule has 0 amide bonds. The van der Waals surface area contributed by atoms with Crippen molar-refractivity contribution in [2.24, 2.45) is 4.99 Å². The van der Waals surface area contributed by atoms with Crippen LogP contribution in [0.5, 0.6) is 0 Å². The van der Waals surface area contributed by atoms with Crippen molar-refractivity contribution in [2.75, 3.05) is 25.6 Å². The Kier molecular flexibility index (Phi) is 3.92. The van der Waals surface area contributed by atoms with Crippen LogP contribution in [0.3, 0.4) is 0 Å². The smallest absolute Gasteiger partial charge is 0.292 e. The van der Waals surface area contributed by atoms with E-state index in [0.29, 0.717) is 12.5 Å². The highest BCUT2D eigenvalue weighted by Gasteiger charge is 2.21. The van der Waals surface area contributed by atoms with E-state index in [-0.39, 0.29) is 0 Å². The second-order valence-corrected chi connectivity index (χ2v) is 5.42. The van der Waals surface area contributed by atoms with Crippen LogP contribution >= 0.6 is 11.6 Å². The summed E-state index contributed by atoms with van der Waals surface area (Å²) in [4.78, 5) is 6.85. The number of nitrogens with zero attached hydrogens (tertiary/aromatic N) is 2. The van der Waals surface area contributed by atoms with Crippen LogP contribution in [-0.4, -0.2) is 36.5 Å². The van der Waals surface area contributed by atoms with Gasteiger partial charge in [0.15, 0.2) is 0 Å². The van der Waals surface area contributed by atoms with Gasteiger partial charge >= 0.3 is 0 Å². The number of alkyl halides is 1. The minimum atomic E-state index is 0.606. The highest BCUT2D eigenvalue weighted by molar-refractivity contribution is 6.18. The molecule has 0 aromatic heterocycles. The number of benzene rings is 1. The zero-order valence-corrected chi connectivity index (χ0v) is 11.8. The van der Waals surface area contributed by atoms with Crippen molar-refractivity contribution in [3.8, 4) is 0 Å². The molecular weight excluding hydrogens is 260 g/mol. The standard InChI is InChI=1S/C15H19ClN2O/c16-8-9-18-10-11-19-15(18)17-14-7-3-5-12-4-1-2-6-13(12)14/h3,5,7H,1-2,4,6,8-11H2. The summed E-state index contributed by atoms with van der Waals surface area (Å²) in [5, 5.41) is 0. The first-order chi connectivity index (χ1) is 9.38. The zero-order chi connectivity index (χ0) is 13.1. The van der Waals surface area contributed by atoms with Crippen molar-refractivity contribution >= 4 is 23.3 Å². The topological polar surface area (TPSA) is 24.8 Å². The number of aryl methyl sites for hydroxylation is 1. The Bertz CT molecular complexity index is 487. The summed E-state index contributed by atoms with van der Waals surface area (Å²) in [6.45, 7) is 2.40. The average molecular weight is 279 g/mol. The Morgan fingerprint density at radius 1 is 1.26 bits per heavy atom. The Hall–Kier alpha value is -1.22. The molecule has 4 heteroatoms. The van der Waals surface area contributed by atoms with Crippen LogP contribution in [0.25, 0.3) is 0 Å². The number of fused-ring (bicyclic) bond motifs is 1. The van der Waals surface area contributed by atoms with Crippen molar-refractivity contribution in [3.05, 3.63) is 29.3 Å². The SMILES string of the molecule is ClCCN1CCOC1=Nc1cccc2c1CCCC2.